The lowest BCUT2D eigenvalue weighted by molar-refractivity contribution is -0.116. The molecule has 1 aromatic rings. The van der Waals surface area contributed by atoms with Crippen LogP contribution in [0, 0.1) is 6.92 Å². The second-order valence-electron chi connectivity index (χ2n) is 4.42. The number of anilines is 1. The highest BCUT2D eigenvalue weighted by Gasteiger charge is 2.12. The minimum absolute atomic E-state index is 0.143. The van der Waals surface area contributed by atoms with Crippen LogP contribution in [-0.2, 0) is 4.79 Å². The maximum atomic E-state index is 11.1. The Morgan fingerprint density at radius 3 is 2.72 bits per heavy atom. The molecule has 4 nitrogen and oxygen atoms in total. The van der Waals surface area contributed by atoms with E-state index in [1.54, 1.807) is 0 Å². The smallest absolute Gasteiger partial charge is 0.236 e. The number of hydrogen-bond acceptors (Lipinski definition) is 3. The van der Waals surface area contributed by atoms with Crippen LogP contribution >= 0.6 is 0 Å². The molecule has 0 unspecified atom stereocenters. The lowest BCUT2D eigenvalue weighted by atomic mass is 10.1. The van der Waals surface area contributed by atoms with Crippen molar-refractivity contribution < 1.29 is 9.59 Å². The summed E-state index contributed by atoms with van der Waals surface area (Å²) in [7, 11) is 0. The number of rotatable bonds is 7. The van der Waals surface area contributed by atoms with Gasteiger partial charge in [0.25, 0.3) is 0 Å². The molecule has 0 aliphatic carbocycles. The molecule has 0 heterocycles. The average Bonchev–Trinajstić information content (AvgIpc) is 2.34. The lowest BCUT2D eigenvalue weighted by Crippen LogP contribution is -2.35. The number of carbonyl (C=O) groups is 2. The van der Waals surface area contributed by atoms with Gasteiger partial charge in [0.05, 0.1) is 6.54 Å². The number of aryl methyl sites for hydroxylation is 1. The number of nitrogens with two attached hydrogens (primary N) is 1. The predicted molar refractivity (Wildman–Crippen MR) is 72.9 cm³/mol. The Labute approximate surface area is 108 Å². The number of carbonyl (C=O) groups excluding carboxylic acids is 2. The molecule has 0 aliphatic heterocycles. The van der Waals surface area contributed by atoms with Gasteiger partial charge in [-0.3, -0.25) is 9.59 Å². The maximum absolute atomic E-state index is 11.1. The topological polar surface area (TPSA) is 63.4 Å². The molecule has 0 saturated carbocycles. The van der Waals surface area contributed by atoms with Crippen molar-refractivity contribution in [2.45, 2.75) is 26.7 Å². The fourth-order valence-electron chi connectivity index (χ4n) is 1.88. The Morgan fingerprint density at radius 1 is 1.44 bits per heavy atom. The molecule has 4 heteroatoms. The van der Waals surface area contributed by atoms with Crippen LogP contribution in [0.5, 0.6) is 0 Å². The maximum Gasteiger partial charge on any atom is 0.236 e. The number of benzene rings is 1. The van der Waals surface area contributed by atoms with Gasteiger partial charge in [0, 0.05) is 17.8 Å². The van der Waals surface area contributed by atoms with E-state index in [1.807, 2.05) is 30.0 Å². The number of primary amides is 1. The van der Waals surface area contributed by atoms with E-state index in [0.717, 1.165) is 36.9 Å². The Kier molecular flexibility index (Phi) is 5.36. The molecule has 0 aliphatic rings. The van der Waals surface area contributed by atoms with E-state index in [-0.39, 0.29) is 12.5 Å². The summed E-state index contributed by atoms with van der Waals surface area (Å²) in [5, 5.41) is 0. The molecule has 1 rings (SSSR count). The van der Waals surface area contributed by atoms with Gasteiger partial charge >= 0.3 is 0 Å². The number of aldehydes is 1. The van der Waals surface area contributed by atoms with E-state index in [9.17, 15) is 9.59 Å². The fourth-order valence-corrected chi connectivity index (χ4v) is 1.88. The van der Waals surface area contributed by atoms with Gasteiger partial charge in [-0.25, -0.2) is 0 Å². The molecule has 0 aromatic heterocycles. The second kappa shape index (κ2) is 6.79. The van der Waals surface area contributed by atoms with Crippen molar-refractivity contribution in [3.8, 4) is 0 Å². The standard InChI is InChI=1S/C14H20N2O2/c1-3-4-7-16(9-14(15)18)13-6-5-11(2)8-12(13)10-17/h5-6,8,10H,3-4,7,9H2,1-2H3,(H2,15,18). The molecule has 0 fully saturated rings. The summed E-state index contributed by atoms with van der Waals surface area (Å²) in [6.07, 6.45) is 2.80. The zero-order valence-corrected chi connectivity index (χ0v) is 11.0. The number of amides is 1. The normalized spacial score (nSPS) is 10.1. The Bertz CT molecular complexity index is 430. The van der Waals surface area contributed by atoms with Gasteiger partial charge in [-0.2, -0.15) is 0 Å². The van der Waals surface area contributed by atoms with Crippen molar-refractivity contribution >= 4 is 17.9 Å². The van der Waals surface area contributed by atoms with Gasteiger partial charge in [0.2, 0.25) is 5.91 Å². The van der Waals surface area contributed by atoms with E-state index in [2.05, 4.69) is 6.92 Å². The van der Waals surface area contributed by atoms with Crippen LogP contribution in [0.25, 0.3) is 0 Å². The summed E-state index contributed by atoms with van der Waals surface area (Å²) in [4.78, 5) is 24.1. The minimum atomic E-state index is -0.386. The van der Waals surface area contributed by atoms with Gasteiger partial charge in [-0.15, -0.1) is 0 Å². The van der Waals surface area contributed by atoms with E-state index >= 15 is 0 Å². The number of nitrogens with zero attached hydrogens (tertiary/aromatic N) is 1. The van der Waals surface area contributed by atoms with E-state index in [1.165, 1.54) is 0 Å². The van der Waals surface area contributed by atoms with Crippen LogP contribution < -0.4 is 10.6 Å². The van der Waals surface area contributed by atoms with Crippen molar-refractivity contribution in [2.24, 2.45) is 5.73 Å². The molecule has 0 atom stereocenters. The first-order valence-electron chi connectivity index (χ1n) is 6.17. The first-order valence-corrected chi connectivity index (χ1v) is 6.17. The summed E-state index contributed by atoms with van der Waals surface area (Å²) in [6.45, 7) is 4.88. The van der Waals surface area contributed by atoms with Crippen molar-refractivity contribution in [1.29, 1.82) is 0 Å². The molecule has 2 N–H and O–H groups in total. The summed E-state index contributed by atoms with van der Waals surface area (Å²) >= 11 is 0. The predicted octanol–water partition coefficient (Wildman–Crippen LogP) is 1.90. The molecule has 0 radical (unpaired) electrons. The highest BCUT2D eigenvalue weighted by Crippen LogP contribution is 2.21. The monoisotopic (exact) mass is 248 g/mol. The minimum Gasteiger partial charge on any atom is -0.368 e. The summed E-state index contributed by atoms with van der Waals surface area (Å²) in [6, 6.07) is 5.63. The van der Waals surface area contributed by atoms with Gasteiger partial charge in [-0.05, 0) is 25.5 Å². The van der Waals surface area contributed by atoms with E-state index in [4.69, 9.17) is 5.73 Å². The Morgan fingerprint density at radius 2 is 2.17 bits per heavy atom. The quantitative estimate of drug-likeness (QED) is 0.749. The zero-order chi connectivity index (χ0) is 13.5. The summed E-state index contributed by atoms with van der Waals surface area (Å²) in [5.74, 6) is -0.386. The molecular weight excluding hydrogens is 228 g/mol. The highest BCUT2D eigenvalue weighted by atomic mass is 16.1. The summed E-state index contributed by atoms with van der Waals surface area (Å²) in [5.41, 5.74) is 7.66. The van der Waals surface area contributed by atoms with Crippen molar-refractivity contribution in [3.63, 3.8) is 0 Å². The largest absolute Gasteiger partial charge is 0.368 e. The van der Waals surface area contributed by atoms with E-state index in [0.29, 0.717) is 5.56 Å². The van der Waals surface area contributed by atoms with Crippen LogP contribution in [0.15, 0.2) is 18.2 Å². The number of unbranched alkanes of at least 4 members (excludes halogenated alkanes) is 1. The van der Waals surface area contributed by atoms with Crippen LogP contribution in [0.2, 0.25) is 0 Å². The second-order valence-corrected chi connectivity index (χ2v) is 4.42. The van der Waals surface area contributed by atoms with Crippen LogP contribution in [0.3, 0.4) is 0 Å². The van der Waals surface area contributed by atoms with Crippen LogP contribution in [-0.4, -0.2) is 25.3 Å². The third-order valence-corrected chi connectivity index (χ3v) is 2.78. The molecule has 98 valence electrons. The Hall–Kier alpha value is -1.84. The van der Waals surface area contributed by atoms with Gasteiger partial charge in [0.1, 0.15) is 0 Å². The third kappa shape index (κ3) is 3.87. The SMILES string of the molecule is CCCCN(CC(N)=O)c1ccc(C)cc1C=O. The molecule has 0 bridgehead atoms. The highest BCUT2D eigenvalue weighted by molar-refractivity contribution is 5.87. The first-order chi connectivity index (χ1) is 8.58. The molecule has 1 aromatic carbocycles. The van der Waals surface area contributed by atoms with Crippen LogP contribution in [0.1, 0.15) is 35.7 Å². The zero-order valence-electron chi connectivity index (χ0n) is 11.0. The molecule has 0 spiro atoms. The number of hydrogen-bond donors (Lipinski definition) is 1. The third-order valence-electron chi connectivity index (χ3n) is 2.78. The molecular formula is C14H20N2O2. The van der Waals surface area contributed by atoms with Gasteiger partial charge in [0.15, 0.2) is 6.29 Å². The fraction of sp³-hybridized carbons (Fsp3) is 0.429. The van der Waals surface area contributed by atoms with Gasteiger partial charge < -0.3 is 10.6 Å². The summed E-state index contributed by atoms with van der Waals surface area (Å²) < 4.78 is 0. The lowest BCUT2D eigenvalue weighted by Gasteiger charge is -2.24. The van der Waals surface area contributed by atoms with Gasteiger partial charge in [-0.1, -0.05) is 25.0 Å². The Balaban J connectivity index is 3.02. The molecule has 1 amide bonds. The average molecular weight is 248 g/mol. The molecule has 0 saturated heterocycles. The molecule has 18 heavy (non-hydrogen) atoms. The first kappa shape index (κ1) is 14.2. The van der Waals surface area contributed by atoms with Crippen LogP contribution in [0.4, 0.5) is 5.69 Å². The van der Waals surface area contributed by atoms with Crippen molar-refractivity contribution in [2.75, 3.05) is 18.0 Å². The van der Waals surface area contributed by atoms with Crippen molar-refractivity contribution in [3.05, 3.63) is 29.3 Å². The van der Waals surface area contributed by atoms with Crippen molar-refractivity contribution in [1.82, 2.24) is 0 Å². The van der Waals surface area contributed by atoms with E-state index < -0.39 is 0 Å².